The van der Waals surface area contributed by atoms with E-state index in [0.29, 0.717) is 12.5 Å². The van der Waals surface area contributed by atoms with Gasteiger partial charge in [0.25, 0.3) is 0 Å². The monoisotopic (exact) mass is 378 g/mol. The highest BCUT2D eigenvalue weighted by Gasteiger charge is 2.27. The molecule has 2 saturated heterocycles. The maximum atomic E-state index is 12.8. The third-order valence-corrected chi connectivity index (χ3v) is 6.04. The first-order valence-electron chi connectivity index (χ1n) is 10.4. The van der Waals surface area contributed by atoms with Crippen molar-refractivity contribution < 1.29 is 4.79 Å². The quantitative estimate of drug-likeness (QED) is 0.801. The van der Waals surface area contributed by atoms with Gasteiger partial charge in [-0.2, -0.15) is 0 Å². The minimum absolute atomic E-state index is 0.287. The predicted octanol–water partition coefficient (Wildman–Crippen LogP) is 3.27. The number of amides is 1. The van der Waals surface area contributed by atoms with Gasteiger partial charge < -0.3 is 9.80 Å². The number of likely N-dealkylation sites (tertiary alicyclic amines) is 1. The Morgan fingerprint density at radius 2 is 1.82 bits per heavy atom. The Kier molecular flexibility index (Phi) is 5.91. The minimum Gasteiger partial charge on any atom is -0.353 e. The average molecular weight is 379 g/mol. The highest BCUT2D eigenvalue weighted by atomic mass is 16.2. The number of pyridine rings is 1. The molecule has 0 unspecified atom stereocenters. The molecule has 0 aliphatic carbocycles. The Labute approximate surface area is 168 Å². The lowest BCUT2D eigenvalue weighted by Gasteiger charge is -2.36. The van der Waals surface area contributed by atoms with Crippen molar-refractivity contribution in [3.63, 3.8) is 0 Å². The number of carbonyl (C=O) groups is 1. The van der Waals surface area contributed by atoms with E-state index in [0.717, 1.165) is 45.1 Å². The van der Waals surface area contributed by atoms with Crippen LogP contribution in [0.4, 0.5) is 5.82 Å². The molecule has 4 rings (SSSR count). The standard InChI is InChI=1S/C23H30N4O/c1-19-7-9-20(10-8-19)21-5-4-13-25(21)14-11-23(28)27-17-15-26(16-18-27)22-6-2-3-12-24-22/h2-3,6-10,12,21H,4-5,11,13-18H2,1H3/t21-/m1/s1. The summed E-state index contributed by atoms with van der Waals surface area (Å²) in [6.45, 7) is 7.38. The van der Waals surface area contributed by atoms with E-state index in [4.69, 9.17) is 0 Å². The third kappa shape index (κ3) is 4.36. The summed E-state index contributed by atoms with van der Waals surface area (Å²) < 4.78 is 0. The molecule has 1 aromatic carbocycles. The van der Waals surface area contributed by atoms with Crippen LogP contribution in [0, 0.1) is 6.92 Å². The maximum absolute atomic E-state index is 12.8. The van der Waals surface area contributed by atoms with Gasteiger partial charge in [0.05, 0.1) is 0 Å². The molecule has 5 heteroatoms. The summed E-state index contributed by atoms with van der Waals surface area (Å²) in [7, 11) is 0. The number of hydrogen-bond donors (Lipinski definition) is 0. The van der Waals surface area contributed by atoms with E-state index in [9.17, 15) is 4.79 Å². The zero-order valence-corrected chi connectivity index (χ0v) is 16.8. The van der Waals surface area contributed by atoms with Crippen LogP contribution in [0.25, 0.3) is 0 Å². The molecule has 148 valence electrons. The van der Waals surface area contributed by atoms with Crippen molar-refractivity contribution in [2.45, 2.75) is 32.2 Å². The van der Waals surface area contributed by atoms with E-state index in [1.807, 2.05) is 29.3 Å². The van der Waals surface area contributed by atoms with Crippen LogP contribution < -0.4 is 4.90 Å². The molecule has 3 heterocycles. The first-order chi connectivity index (χ1) is 13.7. The summed E-state index contributed by atoms with van der Waals surface area (Å²) >= 11 is 0. The van der Waals surface area contributed by atoms with Gasteiger partial charge in [-0.3, -0.25) is 9.69 Å². The molecule has 1 atom stereocenters. The molecule has 2 fully saturated rings. The fraction of sp³-hybridized carbons (Fsp3) is 0.478. The summed E-state index contributed by atoms with van der Waals surface area (Å²) in [5, 5.41) is 0. The Morgan fingerprint density at radius 1 is 1.04 bits per heavy atom. The lowest BCUT2D eigenvalue weighted by atomic mass is 10.0. The molecule has 0 radical (unpaired) electrons. The topological polar surface area (TPSA) is 39.7 Å². The lowest BCUT2D eigenvalue weighted by Crippen LogP contribution is -2.49. The third-order valence-electron chi connectivity index (χ3n) is 6.04. The highest BCUT2D eigenvalue weighted by molar-refractivity contribution is 5.76. The van der Waals surface area contributed by atoms with Crippen molar-refractivity contribution in [2.24, 2.45) is 0 Å². The number of nitrogens with zero attached hydrogens (tertiary/aromatic N) is 4. The first kappa shape index (κ1) is 18.9. The molecule has 28 heavy (non-hydrogen) atoms. The zero-order chi connectivity index (χ0) is 19.3. The molecule has 0 spiro atoms. The Hall–Kier alpha value is -2.40. The van der Waals surface area contributed by atoms with Crippen LogP contribution in [0.15, 0.2) is 48.7 Å². The van der Waals surface area contributed by atoms with E-state index < -0.39 is 0 Å². The van der Waals surface area contributed by atoms with Crippen LogP contribution in [0.2, 0.25) is 0 Å². The van der Waals surface area contributed by atoms with Crippen LogP contribution in [-0.2, 0) is 4.79 Å². The maximum Gasteiger partial charge on any atom is 0.223 e. The summed E-state index contributed by atoms with van der Waals surface area (Å²) in [6.07, 6.45) is 4.86. The van der Waals surface area contributed by atoms with E-state index in [1.165, 1.54) is 24.0 Å². The molecular weight excluding hydrogens is 348 g/mol. The molecule has 5 nitrogen and oxygen atoms in total. The van der Waals surface area contributed by atoms with Gasteiger partial charge in [0.1, 0.15) is 5.82 Å². The first-order valence-corrected chi connectivity index (χ1v) is 10.4. The summed E-state index contributed by atoms with van der Waals surface area (Å²) in [6, 6.07) is 15.3. The minimum atomic E-state index is 0.287. The average Bonchev–Trinajstić information content (AvgIpc) is 3.22. The number of anilines is 1. The number of carbonyl (C=O) groups excluding carboxylic acids is 1. The molecule has 2 aliphatic heterocycles. The van der Waals surface area contributed by atoms with Crippen LogP contribution >= 0.6 is 0 Å². The van der Waals surface area contributed by atoms with Crippen molar-refractivity contribution in [2.75, 3.05) is 44.2 Å². The van der Waals surface area contributed by atoms with Crippen LogP contribution in [-0.4, -0.2) is 60.0 Å². The fourth-order valence-corrected chi connectivity index (χ4v) is 4.38. The van der Waals surface area contributed by atoms with E-state index in [1.54, 1.807) is 0 Å². The molecule has 0 bridgehead atoms. The van der Waals surface area contributed by atoms with Gasteiger partial charge in [-0.25, -0.2) is 4.98 Å². The van der Waals surface area contributed by atoms with E-state index in [-0.39, 0.29) is 5.91 Å². The van der Waals surface area contributed by atoms with Gasteiger partial charge in [0.15, 0.2) is 0 Å². The SMILES string of the molecule is Cc1ccc([C@H]2CCCN2CCC(=O)N2CCN(c3ccccn3)CC2)cc1. The van der Waals surface area contributed by atoms with Crippen molar-refractivity contribution in [1.82, 2.24) is 14.8 Å². The molecule has 2 aromatic rings. The smallest absolute Gasteiger partial charge is 0.223 e. The largest absolute Gasteiger partial charge is 0.353 e. The van der Waals surface area contributed by atoms with Crippen molar-refractivity contribution in [1.29, 1.82) is 0 Å². The molecule has 0 saturated carbocycles. The van der Waals surface area contributed by atoms with Gasteiger partial charge in [-0.05, 0) is 44.0 Å². The van der Waals surface area contributed by atoms with Crippen LogP contribution in [0.5, 0.6) is 0 Å². The van der Waals surface area contributed by atoms with E-state index >= 15 is 0 Å². The summed E-state index contributed by atoms with van der Waals surface area (Å²) in [4.78, 5) is 23.9. The predicted molar refractivity (Wildman–Crippen MR) is 112 cm³/mol. The van der Waals surface area contributed by atoms with E-state index in [2.05, 4.69) is 46.0 Å². The lowest BCUT2D eigenvalue weighted by molar-refractivity contribution is -0.131. The molecule has 1 amide bonds. The number of rotatable bonds is 5. The van der Waals surface area contributed by atoms with Gasteiger partial charge in [0.2, 0.25) is 5.91 Å². The number of benzene rings is 1. The molecule has 1 aromatic heterocycles. The fourth-order valence-electron chi connectivity index (χ4n) is 4.38. The van der Waals surface area contributed by atoms with Gasteiger partial charge in [0, 0.05) is 51.4 Å². The second kappa shape index (κ2) is 8.74. The summed E-state index contributed by atoms with van der Waals surface area (Å²) in [5.41, 5.74) is 2.69. The summed E-state index contributed by atoms with van der Waals surface area (Å²) in [5.74, 6) is 1.29. The Balaban J connectivity index is 1.27. The number of aromatic nitrogens is 1. The van der Waals surface area contributed by atoms with Crippen LogP contribution in [0.1, 0.15) is 36.4 Å². The van der Waals surface area contributed by atoms with Gasteiger partial charge in [-0.1, -0.05) is 35.9 Å². The van der Waals surface area contributed by atoms with Gasteiger partial charge >= 0.3 is 0 Å². The number of hydrogen-bond acceptors (Lipinski definition) is 4. The Morgan fingerprint density at radius 3 is 2.54 bits per heavy atom. The highest BCUT2D eigenvalue weighted by Crippen LogP contribution is 2.32. The van der Waals surface area contributed by atoms with Crippen molar-refractivity contribution in [3.05, 3.63) is 59.8 Å². The normalized spacial score (nSPS) is 20.5. The second-order valence-electron chi connectivity index (χ2n) is 7.91. The number of piperazine rings is 1. The zero-order valence-electron chi connectivity index (χ0n) is 16.8. The Bertz CT molecular complexity index is 769. The molecular formula is C23H30N4O. The van der Waals surface area contributed by atoms with Crippen molar-refractivity contribution >= 4 is 11.7 Å². The molecule has 0 N–H and O–H groups in total. The van der Waals surface area contributed by atoms with Crippen molar-refractivity contribution in [3.8, 4) is 0 Å². The van der Waals surface area contributed by atoms with Gasteiger partial charge in [-0.15, -0.1) is 0 Å². The van der Waals surface area contributed by atoms with Crippen LogP contribution in [0.3, 0.4) is 0 Å². The number of aryl methyl sites for hydroxylation is 1. The molecule has 2 aliphatic rings. The second-order valence-corrected chi connectivity index (χ2v) is 7.91.